The lowest BCUT2D eigenvalue weighted by Gasteiger charge is -2.07. The molecule has 2 aromatic rings. The van der Waals surface area contributed by atoms with Gasteiger partial charge in [0.05, 0.1) is 11.4 Å². The predicted octanol–water partition coefficient (Wildman–Crippen LogP) is 0.295. The number of ether oxygens (including phenoxy) is 2. The monoisotopic (exact) mass is 370 g/mol. The van der Waals surface area contributed by atoms with Gasteiger partial charge >= 0.3 is 11.9 Å². The van der Waals surface area contributed by atoms with Crippen molar-refractivity contribution < 1.29 is 19.1 Å². The lowest BCUT2D eigenvalue weighted by Crippen LogP contribution is -2.23. The number of carbonyl (C=O) groups excluding carboxylic acids is 2. The van der Waals surface area contributed by atoms with Gasteiger partial charge in [0.15, 0.2) is 0 Å². The van der Waals surface area contributed by atoms with E-state index in [0.29, 0.717) is 22.5 Å². The molecule has 0 radical (unpaired) electrons. The molecule has 1 aliphatic heterocycles. The maximum absolute atomic E-state index is 12.3. The molecule has 0 saturated carbocycles. The van der Waals surface area contributed by atoms with Gasteiger partial charge in [-0.05, 0) is 13.8 Å². The molecule has 0 saturated heterocycles. The van der Waals surface area contributed by atoms with Crippen LogP contribution in [0.5, 0.6) is 0 Å². The molecule has 3 rings (SSSR count). The zero-order valence-electron chi connectivity index (χ0n) is 13.0. The standard InChI is InChI=1S/C14H14N2O6S2/c1-7-9-3-21-11(17)5-23-24-6-12(18)22-4-10-8(2)14(20)16(13(7)19)15(9)10/h3-6H2,1-2H3. The summed E-state index contributed by atoms with van der Waals surface area (Å²) in [6.45, 7) is 2.88. The van der Waals surface area contributed by atoms with Crippen LogP contribution >= 0.6 is 21.6 Å². The maximum Gasteiger partial charge on any atom is 0.317 e. The Morgan fingerprint density at radius 3 is 1.58 bits per heavy atom. The molecule has 3 heterocycles. The molecule has 0 amide bonds. The van der Waals surface area contributed by atoms with E-state index in [1.54, 1.807) is 13.8 Å². The number of rotatable bonds is 0. The molecule has 0 atom stereocenters. The van der Waals surface area contributed by atoms with Crippen LogP contribution in [0.2, 0.25) is 0 Å². The first-order valence-corrected chi connectivity index (χ1v) is 9.54. The first-order valence-electron chi connectivity index (χ1n) is 7.05. The van der Waals surface area contributed by atoms with Crippen molar-refractivity contribution in [3.05, 3.63) is 43.2 Å². The van der Waals surface area contributed by atoms with Gasteiger partial charge in [0.2, 0.25) is 0 Å². The number of carbonyl (C=O) groups is 2. The molecule has 0 aliphatic carbocycles. The second-order valence-electron chi connectivity index (χ2n) is 5.22. The Kier molecular flexibility index (Phi) is 4.59. The Hall–Kier alpha value is -1.94. The van der Waals surface area contributed by atoms with Crippen molar-refractivity contribution in [1.82, 2.24) is 9.03 Å². The van der Waals surface area contributed by atoms with E-state index in [0.717, 1.165) is 4.52 Å². The molecule has 128 valence electrons. The lowest BCUT2D eigenvalue weighted by atomic mass is 10.2. The highest BCUT2D eigenvalue weighted by Gasteiger charge is 2.24. The second-order valence-corrected chi connectivity index (χ2v) is 7.69. The van der Waals surface area contributed by atoms with Crippen molar-refractivity contribution in [3.8, 4) is 0 Å². The van der Waals surface area contributed by atoms with Crippen LogP contribution in [0.1, 0.15) is 22.5 Å². The fraction of sp³-hybridized carbons (Fsp3) is 0.429. The van der Waals surface area contributed by atoms with Crippen molar-refractivity contribution in [2.45, 2.75) is 27.1 Å². The molecule has 0 spiro atoms. The van der Waals surface area contributed by atoms with E-state index in [1.165, 1.54) is 26.1 Å². The summed E-state index contributed by atoms with van der Waals surface area (Å²) in [5.74, 6) is -0.774. The summed E-state index contributed by atoms with van der Waals surface area (Å²) in [5.41, 5.74) is 0.518. The highest BCUT2D eigenvalue weighted by atomic mass is 33.1. The number of aromatic nitrogens is 2. The Morgan fingerprint density at radius 1 is 0.750 bits per heavy atom. The summed E-state index contributed by atoms with van der Waals surface area (Å²) in [5, 5.41) is 0. The zero-order valence-corrected chi connectivity index (χ0v) is 14.6. The maximum atomic E-state index is 12.3. The van der Waals surface area contributed by atoms with Crippen molar-refractivity contribution in [2.75, 3.05) is 11.5 Å². The molecule has 0 unspecified atom stereocenters. The molecule has 2 aromatic heterocycles. The van der Waals surface area contributed by atoms with Crippen molar-refractivity contribution >= 4 is 33.5 Å². The molecule has 8 nitrogen and oxygen atoms in total. The summed E-state index contributed by atoms with van der Waals surface area (Å²) in [6, 6.07) is 0. The van der Waals surface area contributed by atoms with Gasteiger partial charge in [0, 0.05) is 11.1 Å². The smallest absolute Gasteiger partial charge is 0.317 e. The molecular formula is C14H14N2O6S2. The Labute approximate surface area is 143 Å². The quantitative estimate of drug-likeness (QED) is 0.483. The SMILES string of the molecule is Cc1c2n3c(c(C)c(=O)n3c1=O)COC(=O)CSSCC(=O)OC2. The van der Waals surface area contributed by atoms with Gasteiger partial charge in [-0.15, -0.1) is 0 Å². The van der Waals surface area contributed by atoms with Gasteiger partial charge in [-0.25, -0.2) is 4.52 Å². The van der Waals surface area contributed by atoms with E-state index in [2.05, 4.69) is 0 Å². The Bertz CT molecular complexity index is 860. The van der Waals surface area contributed by atoms with E-state index in [1.807, 2.05) is 0 Å². The minimum atomic E-state index is -0.469. The third-order valence-corrected chi connectivity index (χ3v) is 5.86. The van der Waals surface area contributed by atoms with Gasteiger partial charge in [-0.3, -0.25) is 19.2 Å². The summed E-state index contributed by atoms with van der Waals surface area (Å²) in [7, 11) is 2.39. The van der Waals surface area contributed by atoms with Gasteiger partial charge in [-0.1, -0.05) is 21.6 Å². The predicted molar refractivity (Wildman–Crippen MR) is 88.6 cm³/mol. The number of hydrogen-bond acceptors (Lipinski definition) is 8. The summed E-state index contributed by atoms with van der Waals surface area (Å²) in [4.78, 5) is 48.2. The van der Waals surface area contributed by atoms with Crippen LogP contribution in [-0.4, -0.2) is 32.5 Å². The summed E-state index contributed by atoms with van der Waals surface area (Å²) in [6.07, 6.45) is 0. The van der Waals surface area contributed by atoms with E-state index in [9.17, 15) is 19.2 Å². The van der Waals surface area contributed by atoms with Gasteiger partial charge in [0.25, 0.3) is 11.1 Å². The van der Waals surface area contributed by atoms with E-state index in [4.69, 9.17) is 9.47 Å². The summed E-state index contributed by atoms with van der Waals surface area (Å²) < 4.78 is 12.8. The third kappa shape index (κ3) is 2.80. The Morgan fingerprint density at radius 2 is 1.17 bits per heavy atom. The zero-order chi connectivity index (χ0) is 17.4. The molecular weight excluding hydrogens is 356 g/mol. The molecule has 0 aromatic carbocycles. The topological polar surface area (TPSA) is 95.6 Å². The number of hydrogen-bond donors (Lipinski definition) is 0. The third-order valence-electron chi connectivity index (χ3n) is 3.78. The highest BCUT2D eigenvalue weighted by Crippen LogP contribution is 2.22. The van der Waals surface area contributed by atoms with Gasteiger partial charge in [-0.2, -0.15) is 4.52 Å². The molecule has 0 bridgehead atoms. The van der Waals surface area contributed by atoms with Crippen LogP contribution in [0, 0.1) is 13.8 Å². The molecule has 0 fully saturated rings. The van der Waals surface area contributed by atoms with Gasteiger partial charge < -0.3 is 9.47 Å². The fourth-order valence-corrected chi connectivity index (χ4v) is 4.06. The van der Waals surface area contributed by atoms with Crippen molar-refractivity contribution in [1.29, 1.82) is 0 Å². The van der Waals surface area contributed by atoms with E-state index in [-0.39, 0.29) is 24.7 Å². The average molecular weight is 370 g/mol. The highest BCUT2D eigenvalue weighted by molar-refractivity contribution is 8.77. The largest absolute Gasteiger partial charge is 0.459 e. The number of cyclic esters (lactones) is 2. The van der Waals surface area contributed by atoms with Crippen LogP contribution < -0.4 is 11.1 Å². The number of nitrogens with zero attached hydrogens (tertiary/aromatic N) is 2. The number of esters is 2. The van der Waals surface area contributed by atoms with Crippen molar-refractivity contribution in [3.63, 3.8) is 0 Å². The molecule has 24 heavy (non-hydrogen) atoms. The van der Waals surface area contributed by atoms with Crippen LogP contribution in [0.25, 0.3) is 0 Å². The van der Waals surface area contributed by atoms with Crippen LogP contribution in [-0.2, 0) is 32.3 Å². The van der Waals surface area contributed by atoms with E-state index < -0.39 is 23.1 Å². The van der Waals surface area contributed by atoms with Crippen molar-refractivity contribution in [2.24, 2.45) is 0 Å². The fourth-order valence-electron chi connectivity index (χ4n) is 2.46. The molecule has 1 aliphatic rings. The minimum absolute atomic E-state index is 0.0720. The second kappa shape index (κ2) is 6.52. The Balaban J connectivity index is 2.17. The minimum Gasteiger partial charge on any atom is -0.459 e. The van der Waals surface area contributed by atoms with Gasteiger partial charge in [0.1, 0.15) is 24.7 Å². The first-order chi connectivity index (χ1) is 11.4. The first kappa shape index (κ1) is 16.9. The van der Waals surface area contributed by atoms with Crippen LogP contribution in [0.15, 0.2) is 9.59 Å². The average Bonchev–Trinajstić information content (AvgIpc) is 2.94. The van der Waals surface area contributed by atoms with Crippen LogP contribution in [0.3, 0.4) is 0 Å². The normalized spacial score (nSPS) is 16.9. The molecule has 0 N–H and O–H groups in total. The lowest BCUT2D eigenvalue weighted by molar-refractivity contribution is -0.142. The molecule has 10 heteroatoms. The van der Waals surface area contributed by atoms with Crippen LogP contribution in [0.4, 0.5) is 0 Å². The summed E-state index contributed by atoms with van der Waals surface area (Å²) >= 11 is 0. The van der Waals surface area contributed by atoms with E-state index >= 15 is 0 Å².